The summed E-state index contributed by atoms with van der Waals surface area (Å²) in [5, 5.41) is 0. The molecule has 0 radical (unpaired) electrons. The summed E-state index contributed by atoms with van der Waals surface area (Å²) >= 11 is 0. The van der Waals surface area contributed by atoms with Crippen molar-refractivity contribution in [3.8, 4) is 5.75 Å². The second-order valence-electron chi connectivity index (χ2n) is 3.90. The van der Waals surface area contributed by atoms with Crippen LogP contribution in [0.25, 0.3) is 0 Å². The molecular weight excluding hydrogens is 266 g/mol. The van der Waals surface area contributed by atoms with E-state index in [1.807, 2.05) is 18.2 Å². The molecule has 0 aromatic heterocycles. The predicted octanol–water partition coefficient (Wildman–Crippen LogP) is 3.20. The highest BCUT2D eigenvalue weighted by Crippen LogP contribution is 2.12. The Morgan fingerprint density at radius 2 is 1.70 bits per heavy atom. The van der Waals surface area contributed by atoms with Gasteiger partial charge in [-0.05, 0) is 24.3 Å². The van der Waals surface area contributed by atoms with E-state index < -0.39 is 23.2 Å². The number of carbonyl (C=O) groups excluding carboxylic acids is 1. The van der Waals surface area contributed by atoms with Crippen LogP contribution in [0.1, 0.15) is 10.4 Å². The van der Waals surface area contributed by atoms with E-state index >= 15 is 0 Å². The Kier molecular flexibility index (Phi) is 4.65. The number of ether oxygens (including phenoxy) is 2. The first-order chi connectivity index (χ1) is 9.68. The second-order valence-corrected chi connectivity index (χ2v) is 3.90. The monoisotopic (exact) mass is 278 g/mol. The zero-order valence-corrected chi connectivity index (χ0v) is 10.5. The zero-order chi connectivity index (χ0) is 14.4. The van der Waals surface area contributed by atoms with Crippen molar-refractivity contribution >= 4 is 5.97 Å². The van der Waals surface area contributed by atoms with Crippen molar-refractivity contribution in [1.29, 1.82) is 0 Å². The average Bonchev–Trinajstić information content (AvgIpc) is 2.47. The van der Waals surface area contributed by atoms with E-state index in [1.54, 1.807) is 12.1 Å². The fraction of sp³-hybridized carbons (Fsp3) is 0.133. The van der Waals surface area contributed by atoms with Gasteiger partial charge in [-0.2, -0.15) is 0 Å². The second kappa shape index (κ2) is 6.65. The molecule has 0 amide bonds. The van der Waals surface area contributed by atoms with Crippen LogP contribution in [0, 0.1) is 11.6 Å². The van der Waals surface area contributed by atoms with Crippen molar-refractivity contribution in [2.75, 3.05) is 13.2 Å². The van der Waals surface area contributed by atoms with Gasteiger partial charge in [0.15, 0.2) is 11.6 Å². The molecule has 0 aliphatic heterocycles. The predicted molar refractivity (Wildman–Crippen MR) is 68.6 cm³/mol. The summed E-state index contributed by atoms with van der Waals surface area (Å²) in [7, 11) is 0. The lowest BCUT2D eigenvalue weighted by Crippen LogP contribution is -2.14. The molecule has 0 aliphatic carbocycles. The lowest BCUT2D eigenvalue weighted by molar-refractivity contribution is 0.0444. The maximum Gasteiger partial charge on any atom is 0.341 e. The van der Waals surface area contributed by atoms with E-state index in [9.17, 15) is 13.6 Å². The molecule has 0 aliphatic rings. The molecule has 2 rings (SSSR count). The van der Waals surface area contributed by atoms with E-state index in [1.165, 1.54) is 12.1 Å². The van der Waals surface area contributed by atoms with Crippen molar-refractivity contribution in [3.63, 3.8) is 0 Å². The van der Waals surface area contributed by atoms with Crippen molar-refractivity contribution in [2.45, 2.75) is 0 Å². The van der Waals surface area contributed by atoms with Gasteiger partial charge in [0, 0.05) is 0 Å². The first-order valence-electron chi connectivity index (χ1n) is 5.97. The summed E-state index contributed by atoms with van der Waals surface area (Å²) in [6, 6.07) is 12.3. The number of hydrogen-bond donors (Lipinski definition) is 0. The largest absolute Gasteiger partial charge is 0.490 e. The number of esters is 1. The third-order valence-corrected chi connectivity index (χ3v) is 2.50. The number of halogens is 2. The Morgan fingerprint density at radius 3 is 2.45 bits per heavy atom. The Morgan fingerprint density at radius 1 is 0.950 bits per heavy atom. The molecule has 0 saturated carbocycles. The first kappa shape index (κ1) is 14.0. The fourth-order valence-electron chi connectivity index (χ4n) is 1.55. The summed E-state index contributed by atoms with van der Waals surface area (Å²) in [4.78, 5) is 11.5. The molecule has 0 heterocycles. The highest BCUT2D eigenvalue weighted by atomic mass is 19.2. The third kappa shape index (κ3) is 3.54. The molecule has 20 heavy (non-hydrogen) atoms. The number of rotatable bonds is 5. The maximum absolute atomic E-state index is 13.3. The minimum atomic E-state index is -1.21. The molecule has 0 spiro atoms. The topological polar surface area (TPSA) is 35.5 Å². The average molecular weight is 278 g/mol. The molecular formula is C15H12F2O3. The molecule has 0 saturated heterocycles. The molecule has 2 aromatic carbocycles. The highest BCUT2D eigenvalue weighted by molar-refractivity contribution is 5.89. The van der Waals surface area contributed by atoms with Gasteiger partial charge >= 0.3 is 5.97 Å². The van der Waals surface area contributed by atoms with Crippen LogP contribution in [0.2, 0.25) is 0 Å². The number of benzene rings is 2. The van der Waals surface area contributed by atoms with Gasteiger partial charge in [0.2, 0.25) is 0 Å². The van der Waals surface area contributed by atoms with E-state index in [0.29, 0.717) is 5.75 Å². The van der Waals surface area contributed by atoms with Gasteiger partial charge in [-0.15, -0.1) is 0 Å². The molecule has 0 unspecified atom stereocenters. The van der Waals surface area contributed by atoms with E-state index in [4.69, 9.17) is 9.47 Å². The molecule has 104 valence electrons. The Hall–Kier alpha value is -2.43. The SMILES string of the molecule is O=C(OCCOc1ccccc1)c1cccc(F)c1F. The van der Waals surface area contributed by atoms with Crippen molar-refractivity contribution in [2.24, 2.45) is 0 Å². The summed E-state index contributed by atoms with van der Waals surface area (Å²) in [5.41, 5.74) is -0.426. The minimum Gasteiger partial charge on any atom is -0.490 e. The fourth-order valence-corrected chi connectivity index (χ4v) is 1.55. The van der Waals surface area contributed by atoms with Gasteiger partial charge in [-0.1, -0.05) is 24.3 Å². The summed E-state index contributed by atoms with van der Waals surface area (Å²) in [6.45, 7) is 0.0797. The van der Waals surface area contributed by atoms with E-state index in [0.717, 1.165) is 6.07 Å². The van der Waals surface area contributed by atoms with Crippen LogP contribution < -0.4 is 4.74 Å². The minimum absolute atomic E-state index is 0.0519. The molecule has 0 atom stereocenters. The van der Waals surface area contributed by atoms with Crippen LogP contribution in [-0.4, -0.2) is 19.2 Å². The summed E-state index contributed by atoms with van der Waals surface area (Å²) in [6.07, 6.45) is 0. The molecule has 0 fully saturated rings. The molecule has 3 nitrogen and oxygen atoms in total. The molecule has 0 bridgehead atoms. The van der Waals surface area contributed by atoms with Gasteiger partial charge in [-0.25, -0.2) is 13.6 Å². The number of hydrogen-bond acceptors (Lipinski definition) is 3. The zero-order valence-electron chi connectivity index (χ0n) is 10.5. The van der Waals surface area contributed by atoms with Crippen LogP contribution in [-0.2, 0) is 4.74 Å². The van der Waals surface area contributed by atoms with Gasteiger partial charge in [0.1, 0.15) is 19.0 Å². The third-order valence-electron chi connectivity index (χ3n) is 2.50. The van der Waals surface area contributed by atoms with Gasteiger partial charge in [-0.3, -0.25) is 0 Å². The van der Waals surface area contributed by atoms with Crippen LogP contribution in [0.3, 0.4) is 0 Å². The number of para-hydroxylation sites is 1. The van der Waals surface area contributed by atoms with Crippen LogP contribution >= 0.6 is 0 Å². The van der Waals surface area contributed by atoms with Gasteiger partial charge in [0.05, 0.1) is 5.56 Å². The van der Waals surface area contributed by atoms with Crippen molar-refractivity contribution < 1.29 is 23.0 Å². The molecule has 5 heteroatoms. The van der Waals surface area contributed by atoms with Gasteiger partial charge < -0.3 is 9.47 Å². The smallest absolute Gasteiger partial charge is 0.341 e. The van der Waals surface area contributed by atoms with E-state index in [2.05, 4.69) is 0 Å². The van der Waals surface area contributed by atoms with Crippen LogP contribution in [0.5, 0.6) is 5.75 Å². The Labute approximate surface area is 114 Å². The van der Waals surface area contributed by atoms with Crippen LogP contribution in [0.4, 0.5) is 8.78 Å². The quantitative estimate of drug-likeness (QED) is 0.622. The maximum atomic E-state index is 13.3. The molecule has 0 N–H and O–H groups in total. The Balaban J connectivity index is 1.82. The summed E-state index contributed by atoms with van der Waals surface area (Å²) in [5.74, 6) is -2.57. The van der Waals surface area contributed by atoms with Crippen molar-refractivity contribution in [1.82, 2.24) is 0 Å². The van der Waals surface area contributed by atoms with Gasteiger partial charge in [0.25, 0.3) is 0 Å². The first-order valence-corrected chi connectivity index (χ1v) is 5.97. The lowest BCUT2D eigenvalue weighted by Gasteiger charge is -2.07. The standard InChI is InChI=1S/C15H12F2O3/c16-13-8-4-7-12(14(13)17)15(18)20-10-9-19-11-5-2-1-3-6-11/h1-8H,9-10H2. The van der Waals surface area contributed by atoms with Crippen molar-refractivity contribution in [3.05, 3.63) is 65.7 Å². The Bertz CT molecular complexity index is 585. The summed E-state index contributed by atoms with van der Waals surface area (Å²) < 4.78 is 36.4. The molecule has 2 aromatic rings. The van der Waals surface area contributed by atoms with E-state index in [-0.39, 0.29) is 13.2 Å². The lowest BCUT2D eigenvalue weighted by atomic mass is 10.2. The van der Waals surface area contributed by atoms with Crippen LogP contribution in [0.15, 0.2) is 48.5 Å². The number of carbonyl (C=O) groups is 1. The highest BCUT2D eigenvalue weighted by Gasteiger charge is 2.16. The normalized spacial score (nSPS) is 10.1.